The van der Waals surface area contributed by atoms with Gasteiger partial charge in [0.25, 0.3) is 0 Å². The van der Waals surface area contributed by atoms with E-state index < -0.39 is 21.8 Å². The number of sulfonamides is 1. The number of nitrogens with one attached hydrogen (secondary N) is 1. The molecule has 2 rings (SSSR count). The molecular weight excluding hydrogens is 309 g/mol. The van der Waals surface area contributed by atoms with E-state index >= 15 is 0 Å². The topological polar surface area (TPSA) is 72.5 Å². The Bertz CT molecular complexity index is 755. The standard InChI is InChI=1S/C15H14FNO4S/c1-21-15(18)12-4-2-11(3-5-12)10-22(19,20)17-14-8-6-13(16)7-9-14/h2-9,17H,10H2,1H3. The second-order valence-corrected chi connectivity index (χ2v) is 6.28. The van der Waals surface area contributed by atoms with E-state index in [-0.39, 0.29) is 11.4 Å². The number of hydrogen-bond acceptors (Lipinski definition) is 4. The molecule has 5 nitrogen and oxygen atoms in total. The molecule has 22 heavy (non-hydrogen) atoms. The van der Waals surface area contributed by atoms with Gasteiger partial charge in [-0.05, 0) is 42.0 Å². The molecule has 0 heterocycles. The number of ether oxygens (including phenoxy) is 1. The third-order valence-electron chi connectivity index (χ3n) is 2.85. The Labute approximate surface area is 127 Å². The molecule has 0 saturated heterocycles. The maximum absolute atomic E-state index is 12.8. The predicted octanol–water partition coefficient (Wildman–Crippen LogP) is 2.55. The van der Waals surface area contributed by atoms with Crippen molar-refractivity contribution in [2.45, 2.75) is 5.75 Å². The van der Waals surface area contributed by atoms with Gasteiger partial charge < -0.3 is 4.74 Å². The van der Waals surface area contributed by atoms with E-state index in [9.17, 15) is 17.6 Å². The Morgan fingerprint density at radius 3 is 2.23 bits per heavy atom. The van der Waals surface area contributed by atoms with Crippen molar-refractivity contribution in [2.75, 3.05) is 11.8 Å². The van der Waals surface area contributed by atoms with Crippen molar-refractivity contribution in [1.29, 1.82) is 0 Å². The summed E-state index contributed by atoms with van der Waals surface area (Å²) in [6, 6.07) is 11.1. The lowest BCUT2D eigenvalue weighted by Gasteiger charge is -2.08. The first kappa shape index (κ1) is 16.0. The Morgan fingerprint density at radius 2 is 1.68 bits per heavy atom. The van der Waals surface area contributed by atoms with Gasteiger partial charge in [-0.15, -0.1) is 0 Å². The van der Waals surface area contributed by atoms with Gasteiger partial charge >= 0.3 is 5.97 Å². The Hall–Kier alpha value is -2.41. The molecule has 1 N–H and O–H groups in total. The zero-order chi connectivity index (χ0) is 16.2. The molecule has 7 heteroatoms. The number of carbonyl (C=O) groups is 1. The molecule has 0 aromatic heterocycles. The summed E-state index contributed by atoms with van der Waals surface area (Å²) in [5.41, 5.74) is 1.14. The highest BCUT2D eigenvalue weighted by molar-refractivity contribution is 7.91. The second kappa shape index (κ2) is 6.57. The summed E-state index contributed by atoms with van der Waals surface area (Å²) < 4.78 is 43.8. The van der Waals surface area contributed by atoms with Crippen LogP contribution < -0.4 is 4.72 Å². The van der Waals surface area contributed by atoms with Crippen LogP contribution in [0.25, 0.3) is 0 Å². The van der Waals surface area contributed by atoms with Crippen molar-refractivity contribution in [3.63, 3.8) is 0 Å². The number of benzene rings is 2. The monoisotopic (exact) mass is 323 g/mol. The normalized spacial score (nSPS) is 11.0. The molecular formula is C15H14FNO4S. The van der Waals surface area contributed by atoms with Crippen molar-refractivity contribution in [3.05, 3.63) is 65.5 Å². The molecule has 0 aliphatic rings. The quantitative estimate of drug-likeness (QED) is 0.858. The zero-order valence-corrected chi connectivity index (χ0v) is 12.6. The lowest BCUT2D eigenvalue weighted by Crippen LogP contribution is -2.15. The highest BCUT2D eigenvalue weighted by atomic mass is 32.2. The molecule has 2 aromatic rings. The first-order valence-electron chi connectivity index (χ1n) is 6.33. The van der Waals surface area contributed by atoms with Gasteiger partial charge in [-0.3, -0.25) is 4.72 Å². The van der Waals surface area contributed by atoms with Crippen molar-refractivity contribution in [2.24, 2.45) is 0 Å². The van der Waals surface area contributed by atoms with Crippen molar-refractivity contribution < 1.29 is 22.3 Å². The van der Waals surface area contributed by atoms with Crippen LogP contribution in [-0.4, -0.2) is 21.5 Å². The maximum atomic E-state index is 12.8. The van der Waals surface area contributed by atoms with Gasteiger partial charge in [-0.2, -0.15) is 0 Å². The van der Waals surface area contributed by atoms with Crippen LogP contribution in [0.3, 0.4) is 0 Å². The maximum Gasteiger partial charge on any atom is 0.337 e. The lowest BCUT2D eigenvalue weighted by molar-refractivity contribution is 0.0600. The predicted molar refractivity (Wildman–Crippen MR) is 80.4 cm³/mol. The summed E-state index contributed by atoms with van der Waals surface area (Å²) in [4.78, 5) is 11.3. The molecule has 0 bridgehead atoms. The summed E-state index contributed by atoms with van der Waals surface area (Å²) in [6.07, 6.45) is 0. The number of hydrogen-bond donors (Lipinski definition) is 1. The van der Waals surface area contributed by atoms with Gasteiger partial charge in [0.2, 0.25) is 10.0 Å². The van der Waals surface area contributed by atoms with Gasteiger partial charge in [0.1, 0.15) is 5.82 Å². The van der Waals surface area contributed by atoms with Crippen LogP contribution in [0.5, 0.6) is 0 Å². The Balaban J connectivity index is 2.08. The smallest absolute Gasteiger partial charge is 0.337 e. The highest BCUT2D eigenvalue weighted by Gasteiger charge is 2.13. The van der Waals surface area contributed by atoms with Crippen LogP contribution in [-0.2, 0) is 20.5 Å². The largest absolute Gasteiger partial charge is 0.465 e. The molecule has 0 radical (unpaired) electrons. The number of carbonyl (C=O) groups excluding carboxylic acids is 1. The first-order chi connectivity index (χ1) is 10.4. The van der Waals surface area contributed by atoms with Crippen molar-refractivity contribution in [3.8, 4) is 0 Å². The van der Waals surface area contributed by atoms with Gasteiger partial charge in [-0.25, -0.2) is 17.6 Å². The fraction of sp³-hybridized carbons (Fsp3) is 0.133. The molecule has 0 amide bonds. The van der Waals surface area contributed by atoms with E-state index in [4.69, 9.17) is 0 Å². The van der Waals surface area contributed by atoms with E-state index in [0.717, 1.165) is 0 Å². The SMILES string of the molecule is COC(=O)c1ccc(CS(=O)(=O)Nc2ccc(F)cc2)cc1. The number of methoxy groups -OCH3 is 1. The molecule has 0 unspecified atom stereocenters. The Kier molecular flexibility index (Phi) is 4.77. The minimum atomic E-state index is -3.63. The van der Waals surface area contributed by atoms with Crippen LogP contribution in [0.15, 0.2) is 48.5 Å². The number of esters is 1. The van der Waals surface area contributed by atoms with Crippen molar-refractivity contribution >= 4 is 21.7 Å². The molecule has 116 valence electrons. The molecule has 0 aliphatic heterocycles. The van der Waals surface area contributed by atoms with E-state index in [1.807, 2.05) is 0 Å². The summed E-state index contributed by atoms with van der Waals surface area (Å²) in [5.74, 6) is -1.19. The highest BCUT2D eigenvalue weighted by Crippen LogP contribution is 2.14. The number of anilines is 1. The average molecular weight is 323 g/mol. The number of halogens is 1. The summed E-state index contributed by atoms with van der Waals surface area (Å²) in [7, 11) is -2.36. The molecule has 2 aromatic carbocycles. The lowest BCUT2D eigenvalue weighted by atomic mass is 10.1. The van der Waals surface area contributed by atoms with Crippen LogP contribution >= 0.6 is 0 Å². The van der Waals surface area contributed by atoms with E-state index in [2.05, 4.69) is 9.46 Å². The van der Waals surface area contributed by atoms with Gasteiger partial charge in [-0.1, -0.05) is 12.1 Å². The van der Waals surface area contributed by atoms with Gasteiger partial charge in [0.15, 0.2) is 0 Å². The summed E-state index contributed by atoms with van der Waals surface area (Å²) in [5, 5.41) is 0. The van der Waals surface area contributed by atoms with E-state index in [0.29, 0.717) is 11.1 Å². The van der Waals surface area contributed by atoms with Crippen molar-refractivity contribution in [1.82, 2.24) is 0 Å². The van der Waals surface area contributed by atoms with Gasteiger partial charge in [0.05, 0.1) is 18.4 Å². The minimum absolute atomic E-state index is 0.258. The minimum Gasteiger partial charge on any atom is -0.465 e. The zero-order valence-electron chi connectivity index (χ0n) is 11.7. The fourth-order valence-corrected chi connectivity index (χ4v) is 3.01. The summed E-state index contributed by atoms with van der Waals surface area (Å²) in [6.45, 7) is 0. The third kappa shape index (κ3) is 4.29. The molecule has 0 atom stereocenters. The molecule has 0 spiro atoms. The Morgan fingerprint density at radius 1 is 1.09 bits per heavy atom. The first-order valence-corrected chi connectivity index (χ1v) is 7.98. The molecule has 0 fully saturated rings. The van der Waals surface area contributed by atoms with Crippen LogP contribution in [0.1, 0.15) is 15.9 Å². The fourth-order valence-electron chi connectivity index (χ4n) is 1.81. The second-order valence-electron chi connectivity index (χ2n) is 4.56. The van der Waals surface area contributed by atoms with Crippen LogP contribution in [0.2, 0.25) is 0 Å². The van der Waals surface area contributed by atoms with E-state index in [1.54, 1.807) is 0 Å². The molecule has 0 saturated carbocycles. The summed E-state index contributed by atoms with van der Waals surface area (Å²) >= 11 is 0. The third-order valence-corrected chi connectivity index (χ3v) is 4.11. The number of rotatable bonds is 5. The van der Waals surface area contributed by atoms with E-state index in [1.165, 1.54) is 55.6 Å². The van der Waals surface area contributed by atoms with Crippen LogP contribution in [0, 0.1) is 5.82 Å². The molecule has 0 aliphatic carbocycles. The average Bonchev–Trinajstić information content (AvgIpc) is 2.49. The van der Waals surface area contributed by atoms with Gasteiger partial charge in [0, 0.05) is 5.69 Å². The van der Waals surface area contributed by atoms with Crippen LogP contribution in [0.4, 0.5) is 10.1 Å².